The van der Waals surface area contributed by atoms with Crippen LogP contribution >= 0.6 is 0 Å². The molecule has 9 heteroatoms. The molecule has 0 unspecified atom stereocenters. The summed E-state index contributed by atoms with van der Waals surface area (Å²) in [6.07, 6.45) is -7.55. The molecule has 9 nitrogen and oxygen atoms in total. The Morgan fingerprint density at radius 3 is 2.47 bits per heavy atom. The van der Waals surface area contributed by atoms with Gasteiger partial charge in [0.2, 0.25) is 0 Å². The summed E-state index contributed by atoms with van der Waals surface area (Å²) < 4.78 is 4.74. The summed E-state index contributed by atoms with van der Waals surface area (Å²) in [5, 5.41) is 57.5. The van der Waals surface area contributed by atoms with Gasteiger partial charge in [0.25, 0.3) is 0 Å². The minimum absolute atomic E-state index is 0.349. The van der Waals surface area contributed by atoms with Crippen LogP contribution in [0.25, 0.3) is 0 Å². The lowest BCUT2D eigenvalue weighted by molar-refractivity contribution is -0.639. The zero-order valence-electron chi connectivity index (χ0n) is 7.54. The molecule has 0 aromatic heterocycles. The summed E-state index contributed by atoms with van der Waals surface area (Å²) in [6, 6.07) is 0. The topological polar surface area (TPSA) is 149 Å². The van der Waals surface area contributed by atoms with Gasteiger partial charge in [0.05, 0.1) is 6.61 Å². The van der Waals surface area contributed by atoms with Crippen LogP contribution in [-0.2, 0) is 4.74 Å². The molecule has 0 bridgehead atoms. The highest BCUT2D eigenvalue weighted by molar-refractivity contribution is 4.89. The van der Waals surface area contributed by atoms with Crippen LogP contribution in [-0.4, -0.2) is 67.7 Å². The fourth-order valence-corrected chi connectivity index (χ4v) is 1.34. The smallest absolute Gasteiger partial charge is 0.326 e. The highest BCUT2D eigenvalue weighted by Gasteiger charge is 2.51. The van der Waals surface area contributed by atoms with Crippen molar-refractivity contribution in [3.05, 3.63) is 5.21 Å². The molecule has 1 rings (SSSR count). The molecule has 0 saturated carbocycles. The fourth-order valence-electron chi connectivity index (χ4n) is 1.34. The Kier molecular flexibility index (Phi) is 3.77. The maximum Gasteiger partial charge on any atom is 0.326 e. The minimum atomic E-state index is -1.63. The van der Waals surface area contributed by atoms with Gasteiger partial charge in [-0.25, -0.2) is 0 Å². The predicted molar refractivity (Wildman–Crippen MR) is 41.6 cm³/mol. The molecular weight excluding hydrogens is 212 g/mol. The van der Waals surface area contributed by atoms with Crippen molar-refractivity contribution in [1.29, 1.82) is 0 Å². The van der Waals surface area contributed by atoms with Crippen molar-refractivity contribution in [2.45, 2.75) is 30.6 Å². The van der Waals surface area contributed by atoms with Gasteiger partial charge < -0.3 is 35.6 Å². The molecule has 0 aliphatic carbocycles. The molecule has 5 N–H and O–H groups in total. The molecule has 0 amide bonds. The van der Waals surface area contributed by atoms with E-state index in [1.807, 2.05) is 0 Å². The molecule has 1 aliphatic rings. The van der Waals surface area contributed by atoms with Gasteiger partial charge in [-0.15, -0.1) is 0 Å². The third kappa shape index (κ3) is 2.16. The molecule has 88 valence electrons. The van der Waals surface area contributed by atoms with Crippen LogP contribution < -0.4 is 0 Å². The molecule has 0 aromatic rings. The maximum atomic E-state index is 10.8. The average Bonchev–Trinajstić information content (AvgIpc) is 2.54. The Bertz CT molecular complexity index is 248. The van der Waals surface area contributed by atoms with E-state index in [9.17, 15) is 15.4 Å². The van der Waals surface area contributed by atoms with E-state index >= 15 is 0 Å². The number of nitrogens with zero attached hydrogens (tertiary/aromatic N) is 2. The summed E-state index contributed by atoms with van der Waals surface area (Å²) in [5.74, 6) is 0. The van der Waals surface area contributed by atoms with Gasteiger partial charge >= 0.3 is 6.23 Å². The summed E-state index contributed by atoms with van der Waals surface area (Å²) in [7, 11) is 0. The molecule has 1 aliphatic heterocycles. The maximum absolute atomic E-state index is 10.8. The lowest BCUT2D eigenvalue weighted by atomic mass is 10.1. The Morgan fingerprint density at radius 2 is 2.00 bits per heavy atom. The van der Waals surface area contributed by atoms with Crippen LogP contribution in [0.3, 0.4) is 0 Å². The number of ether oxygens (including phenoxy) is 1. The Labute approximate surface area is 84.0 Å². The largest absolute Gasteiger partial charge is 0.595 e. The standard InChI is InChI=1S/C6H12N2O7/c9-1-2(10)5-3(11)4(12)6(15-5)8(14)7-13/h2-6,9-13H,1H2/t2-,3-,4+,5-,6+/m1/s1. The van der Waals surface area contributed by atoms with E-state index in [0.717, 1.165) is 0 Å². The second kappa shape index (κ2) is 4.68. The minimum Gasteiger partial charge on any atom is -0.595 e. The van der Waals surface area contributed by atoms with Crippen molar-refractivity contribution < 1.29 is 35.2 Å². The highest BCUT2D eigenvalue weighted by atomic mass is 16.7. The van der Waals surface area contributed by atoms with E-state index in [2.05, 4.69) is 5.28 Å². The molecular formula is C6H12N2O7. The Morgan fingerprint density at radius 1 is 1.40 bits per heavy atom. The van der Waals surface area contributed by atoms with E-state index in [0.29, 0.717) is 0 Å². The molecule has 1 fully saturated rings. The van der Waals surface area contributed by atoms with Crippen molar-refractivity contribution in [2.24, 2.45) is 5.28 Å². The van der Waals surface area contributed by atoms with E-state index in [4.69, 9.17) is 20.2 Å². The van der Waals surface area contributed by atoms with Gasteiger partial charge in [-0.05, 0) is 4.86 Å². The second-order valence-corrected chi connectivity index (χ2v) is 3.11. The van der Waals surface area contributed by atoms with Crippen molar-refractivity contribution in [3.8, 4) is 0 Å². The lowest BCUT2D eigenvalue weighted by Gasteiger charge is -2.17. The third-order valence-corrected chi connectivity index (χ3v) is 2.15. The second-order valence-electron chi connectivity index (χ2n) is 3.11. The van der Waals surface area contributed by atoms with E-state index < -0.39 is 37.3 Å². The first-order valence-corrected chi connectivity index (χ1v) is 4.14. The first-order chi connectivity index (χ1) is 7.02. The van der Waals surface area contributed by atoms with Crippen LogP contribution in [0, 0.1) is 5.21 Å². The van der Waals surface area contributed by atoms with Crippen LogP contribution in [0.4, 0.5) is 0 Å². The normalized spacial score (nSPS) is 39.3. The summed E-state index contributed by atoms with van der Waals surface area (Å²) in [5.41, 5.74) is 0. The van der Waals surface area contributed by atoms with Crippen molar-refractivity contribution >= 4 is 0 Å². The number of aliphatic hydroxyl groups excluding tert-OH is 4. The molecule has 0 aromatic carbocycles. The van der Waals surface area contributed by atoms with E-state index in [1.165, 1.54) is 0 Å². The van der Waals surface area contributed by atoms with Crippen LogP contribution in [0.5, 0.6) is 0 Å². The van der Waals surface area contributed by atoms with Gasteiger partial charge in [0, 0.05) is 0 Å². The molecule has 15 heavy (non-hydrogen) atoms. The first-order valence-electron chi connectivity index (χ1n) is 4.14. The predicted octanol–water partition coefficient (Wildman–Crippen LogP) is -2.86. The fraction of sp³-hybridized carbons (Fsp3) is 1.00. The van der Waals surface area contributed by atoms with Crippen molar-refractivity contribution in [3.63, 3.8) is 0 Å². The number of hydroxylamine groups is 1. The van der Waals surface area contributed by atoms with Gasteiger partial charge in [-0.1, -0.05) is 0 Å². The SMILES string of the molecule is [O-][N+](=NO)[C@H]1O[C@H]([C@H](O)CO)[C@H](O)[C@@H]1O. The zero-order valence-corrected chi connectivity index (χ0v) is 7.54. The van der Waals surface area contributed by atoms with E-state index in [1.54, 1.807) is 0 Å². The molecule has 0 radical (unpaired) electrons. The van der Waals surface area contributed by atoms with Gasteiger partial charge in [-0.3, -0.25) is 0 Å². The molecule has 5 atom stereocenters. The number of rotatable bonds is 3. The molecule has 0 spiro atoms. The highest BCUT2D eigenvalue weighted by Crippen LogP contribution is 2.24. The first kappa shape index (κ1) is 12.1. The molecule has 1 heterocycles. The van der Waals surface area contributed by atoms with E-state index in [-0.39, 0.29) is 4.86 Å². The number of hydrogen-bond donors (Lipinski definition) is 5. The Hall–Kier alpha value is -1.00. The van der Waals surface area contributed by atoms with Crippen LogP contribution in [0.2, 0.25) is 0 Å². The van der Waals surface area contributed by atoms with Crippen LogP contribution in [0.15, 0.2) is 5.28 Å². The summed E-state index contributed by atoms with van der Waals surface area (Å²) >= 11 is 0. The van der Waals surface area contributed by atoms with Crippen LogP contribution in [0.1, 0.15) is 0 Å². The third-order valence-electron chi connectivity index (χ3n) is 2.15. The Balaban J connectivity index is 2.76. The quantitative estimate of drug-likeness (QED) is 0.196. The monoisotopic (exact) mass is 224 g/mol. The van der Waals surface area contributed by atoms with Gasteiger partial charge in [-0.2, -0.15) is 0 Å². The lowest BCUT2D eigenvalue weighted by Crippen LogP contribution is -2.40. The number of hydrogen-bond acceptors (Lipinski definition) is 7. The van der Waals surface area contributed by atoms with Crippen molar-refractivity contribution in [2.75, 3.05) is 6.61 Å². The zero-order chi connectivity index (χ0) is 11.6. The van der Waals surface area contributed by atoms with Crippen molar-refractivity contribution in [1.82, 2.24) is 0 Å². The van der Waals surface area contributed by atoms with Gasteiger partial charge in [0.1, 0.15) is 18.3 Å². The summed E-state index contributed by atoms with van der Waals surface area (Å²) in [4.78, 5) is -0.349. The van der Waals surface area contributed by atoms with Gasteiger partial charge in [0.15, 0.2) is 11.4 Å². The molecule has 1 saturated heterocycles. The average molecular weight is 224 g/mol. The summed E-state index contributed by atoms with van der Waals surface area (Å²) in [6.45, 7) is -0.698. The number of aliphatic hydroxyl groups is 4.